The van der Waals surface area contributed by atoms with Crippen LogP contribution in [0.3, 0.4) is 0 Å². The first-order chi connectivity index (χ1) is 9.92. The van der Waals surface area contributed by atoms with Crippen LogP contribution in [0, 0.1) is 21.7 Å². The molecule has 0 aliphatic carbocycles. The molecule has 0 radical (unpaired) electrons. The minimum absolute atomic E-state index is 0.0244. The number of hydrogen-bond donors (Lipinski definition) is 1. The summed E-state index contributed by atoms with van der Waals surface area (Å²) in [5.41, 5.74) is -1.54. The third-order valence-electron chi connectivity index (χ3n) is 2.90. The van der Waals surface area contributed by atoms with Crippen molar-refractivity contribution in [3.05, 3.63) is 39.4 Å². The van der Waals surface area contributed by atoms with Crippen LogP contribution >= 0.6 is 0 Å². The van der Waals surface area contributed by atoms with Crippen LogP contribution in [0.15, 0.2) is 12.1 Å². The summed E-state index contributed by atoms with van der Waals surface area (Å²) < 4.78 is 26.9. The summed E-state index contributed by atoms with van der Waals surface area (Å²) in [5, 5.41) is 19.6. The Morgan fingerprint density at radius 3 is 2.52 bits per heavy atom. The number of aliphatic hydroxyl groups is 1. The van der Waals surface area contributed by atoms with Gasteiger partial charge in [-0.05, 0) is 6.42 Å². The molecule has 0 aliphatic heterocycles. The summed E-state index contributed by atoms with van der Waals surface area (Å²) in [5.74, 6) is -3.31. The maximum absolute atomic E-state index is 13.7. The molecule has 1 rings (SSSR count). The Morgan fingerprint density at radius 1 is 1.33 bits per heavy atom. The van der Waals surface area contributed by atoms with Crippen LogP contribution in [0.1, 0.15) is 30.1 Å². The molecule has 0 saturated heterocycles. The molecular weight excluding hydrogens is 286 g/mol. The number of nitrogens with zero attached hydrogens (tertiary/aromatic N) is 2. The number of rotatable bonds is 7. The number of halogens is 2. The Bertz CT molecular complexity index is 537. The lowest BCUT2D eigenvalue weighted by molar-refractivity contribution is -0.387. The van der Waals surface area contributed by atoms with Crippen LogP contribution in [-0.2, 0) is 0 Å². The Hall–Kier alpha value is -2.09. The van der Waals surface area contributed by atoms with Crippen LogP contribution in [-0.4, -0.2) is 40.5 Å². The molecule has 8 heteroatoms. The highest BCUT2D eigenvalue weighted by molar-refractivity contribution is 5.95. The normalized spacial score (nSPS) is 10.5. The monoisotopic (exact) mass is 302 g/mol. The molecule has 0 spiro atoms. The predicted molar refractivity (Wildman–Crippen MR) is 70.9 cm³/mol. The lowest BCUT2D eigenvalue weighted by Crippen LogP contribution is -2.35. The molecule has 1 N–H and O–H groups in total. The largest absolute Gasteiger partial charge is 0.395 e. The number of nitro benzene ring substituents is 1. The van der Waals surface area contributed by atoms with Gasteiger partial charge in [0.1, 0.15) is 5.82 Å². The van der Waals surface area contributed by atoms with E-state index in [0.29, 0.717) is 18.6 Å². The Labute approximate surface area is 120 Å². The van der Waals surface area contributed by atoms with Crippen molar-refractivity contribution in [2.45, 2.75) is 19.8 Å². The molecule has 1 aromatic carbocycles. The highest BCUT2D eigenvalue weighted by atomic mass is 19.1. The van der Waals surface area contributed by atoms with Crippen LogP contribution in [0.25, 0.3) is 0 Å². The number of nitro groups is 1. The van der Waals surface area contributed by atoms with Gasteiger partial charge >= 0.3 is 5.69 Å². The van der Waals surface area contributed by atoms with Crippen molar-refractivity contribution in [3.63, 3.8) is 0 Å². The predicted octanol–water partition coefficient (Wildman–Crippen LogP) is 2.11. The van der Waals surface area contributed by atoms with Crippen LogP contribution in [0.2, 0.25) is 0 Å². The van der Waals surface area contributed by atoms with Gasteiger partial charge in [-0.25, -0.2) is 4.39 Å². The first-order valence-electron chi connectivity index (χ1n) is 6.45. The molecule has 0 saturated carbocycles. The van der Waals surface area contributed by atoms with E-state index in [9.17, 15) is 23.7 Å². The number of amides is 1. The van der Waals surface area contributed by atoms with E-state index in [4.69, 9.17) is 5.11 Å². The molecule has 0 fully saturated rings. The quantitative estimate of drug-likeness (QED) is 0.617. The van der Waals surface area contributed by atoms with E-state index >= 15 is 0 Å². The van der Waals surface area contributed by atoms with Gasteiger partial charge in [-0.2, -0.15) is 4.39 Å². The standard InChI is InChI=1S/C13H16F2N2O4/c1-2-3-4-16(5-6-18)13(19)9-7-12(17(20)21)11(15)8-10(9)14/h7-8,18H,2-6H2,1H3. The van der Waals surface area contributed by atoms with Crippen molar-refractivity contribution >= 4 is 11.6 Å². The van der Waals surface area contributed by atoms with Crippen LogP contribution < -0.4 is 0 Å². The molecule has 116 valence electrons. The van der Waals surface area contributed by atoms with E-state index < -0.39 is 33.7 Å². The number of benzene rings is 1. The summed E-state index contributed by atoms with van der Waals surface area (Å²) in [4.78, 5) is 23.0. The van der Waals surface area contributed by atoms with Crippen molar-refractivity contribution in [2.24, 2.45) is 0 Å². The lowest BCUT2D eigenvalue weighted by atomic mass is 10.1. The van der Waals surface area contributed by atoms with Gasteiger partial charge < -0.3 is 10.0 Å². The molecule has 0 aliphatic rings. The summed E-state index contributed by atoms with van der Waals surface area (Å²) in [6, 6.07) is 0.908. The van der Waals surface area contributed by atoms with Crippen LogP contribution in [0.5, 0.6) is 0 Å². The molecule has 1 aromatic rings. The highest BCUT2D eigenvalue weighted by Crippen LogP contribution is 2.22. The maximum atomic E-state index is 13.7. The van der Waals surface area contributed by atoms with Crippen molar-refractivity contribution in [2.75, 3.05) is 19.7 Å². The summed E-state index contributed by atoms with van der Waals surface area (Å²) in [6.07, 6.45) is 1.41. The summed E-state index contributed by atoms with van der Waals surface area (Å²) >= 11 is 0. The molecule has 0 atom stereocenters. The van der Waals surface area contributed by atoms with E-state index in [1.54, 1.807) is 0 Å². The van der Waals surface area contributed by atoms with Gasteiger partial charge in [0.25, 0.3) is 5.91 Å². The molecule has 1 amide bonds. The Kier molecular flexibility index (Phi) is 6.16. The summed E-state index contributed by atoms with van der Waals surface area (Å²) in [6.45, 7) is 1.83. The molecule has 0 aromatic heterocycles. The second-order valence-electron chi connectivity index (χ2n) is 4.41. The minimum Gasteiger partial charge on any atom is -0.395 e. The topological polar surface area (TPSA) is 83.7 Å². The third kappa shape index (κ3) is 4.19. The fourth-order valence-corrected chi connectivity index (χ4v) is 1.80. The fourth-order valence-electron chi connectivity index (χ4n) is 1.80. The first kappa shape index (κ1) is 17.0. The minimum atomic E-state index is -1.34. The van der Waals surface area contributed by atoms with E-state index in [0.717, 1.165) is 6.42 Å². The molecule has 0 heterocycles. The second kappa shape index (κ2) is 7.63. The Balaban J connectivity index is 3.14. The maximum Gasteiger partial charge on any atom is 0.305 e. The van der Waals surface area contributed by atoms with E-state index in [1.165, 1.54) is 4.90 Å². The number of aliphatic hydroxyl groups excluding tert-OH is 1. The zero-order valence-corrected chi connectivity index (χ0v) is 11.5. The molecule has 0 bridgehead atoms. The van der Waals surface area contributed by atoms with Gasteiger partial charge in [0, 0.05) is 25.2 Å². The number of carbonyl (C=O) groups excluding carboxylic acids is 1. The number of carbonyl (C=O) groups is 1. The van der Waals surface area contributed by atoms with Gasteiger partial charge in [-0.1, -0.05) is 13.3 Å². The van der Waals surface area contributed by atoms with Gasteiger partial charge in [-0.3, -0.25) is 14.9 Å². The zero-order valence-electron chi connectivity index (χ0n) is 11.5. The Morgan fingerprint density at radius 2 is 2.00 bits per heavy atom. The molecule has 0 unspecified atom stereocenters. The van der Waals surface area contributed by atoms with E-state index in [1.807, 2.05) is 6.92 Å². The smallest absolute Gasteiger partial charge is 0.305 e. The van der Waals surface area contributed by atoms with E-state index in [2.05, 4.69) is 0 Å². The number of unbranched alkanes of at least 4 members (excludes halogenated alkanes) is 1. The van der Waals surface area contributed by atoms with Gasteiger partial charge in [0.05, 0.1) is 17.1 Å². The summed E-state index contributed by atoms with van der Waals surface area (Å²) in [7, 11) is 0. The number of hydrogen-bond acceptors (Lipinski definition) is 4. The van der Waals surface area contributed by atoms with Crippen LogP contribution in [0.4, 0.5) is 14.5 Å². The average Bonchev–Trinajstić information content (AvgIpc) is 2.42. The van der Waals surface area contributed by atoms with Crippen molar-refractivity contribution in [3.8, 4) is 0 Å². The van der Waals surface area contributed by atoms with Crippen molar-refractivity contribution < 1.29 is 23.6 Å². The fraction of sp³-hybridized carbons (Fsp3) is 0.462. The highest BCUT2D eigenvalue weighted by Gasteiger charge is 2.25. The van der Waals surface area contributed by atoms with E-state index in [-0.39, 0.29) is 19.7 Å². The molecular formula is C13H16F2N2O4. The lowest BCUT2D eigenvalue weighted by Gasteiger charge is -2.21. The third-order valence-corrected chi connectivity index (χ3v) is 2.90. The average molecular weight is 302 g/mol. The first-order valence-corrected chi connectivity index (χ1v) is 6.45. The molecule has 6 nitrogen and oxygen atoms in total. The zero-order chi connectivity index (χ0) is 16.0. The molecule has 21 heavy (non-hydrogen) atoms. The SMILES string of the molecule is CCCCN(CCO)C(=O)c1cc([N+](=O)[O-])c(F)cc1F. The van der Waals surface area contributed by atoms with Crippen molar-refractivity contribution in [1.82, 2.24) is 4.90 Å². The van der Waals surface area contributed by atoms with Gasteiger partial charge in [0.2, 0.25) is 5.82 Å². The van der Waals surface area contributed by atoms with Gasteiger partial charge in [0.15, 0.2) is 0 Å². The second-order valence-corrected chi connectivity index (χ2v) is 4.41. The van der Waals surface area contributed by atoms with Gasteiger partial charge in [-0.15, -0.1) is 0 Å². The van der Waals surface area contributed by atoms with Crippen molar-refractivity contribution in [1.29, 1.82) is 0 Å².